The minimum atomic E-state index is -0.877. The van der Waals surface area contributed by atoms with Crippen LogP contribution in [0, 0.1) is 0 Å². The standard InChI is InChI=1S/C21H21NO6/c1-4-27-21-19(15-9-10-16(25-2)17(12-15)26-3)22-20(28-21)14-7-5-13(6-8-14)11-18(23)24/h5-10,12H,4,11H2,1-3H3,(H,23,24). The van der Waals surface area contributed by atoms with Crippen molar-refractivity contribution in [2.45, 2.75) is 13.3 Å². The van der Waals surface area contributed by atoms with E-state index in [0.29, 0.717) is 41.2 Å². The molecule has 0 atom stereocenters. The van der Waals surface area contributed by atoms with E-state index >= 15 is 0 Å². The molecule has 0 saturated heterocycles. The molecule has 3 aromatic rings. The smallest absolute Gasteiger partial charge is 0.313 e. The van der Waals surface area contributed by atoms with E-state index in [0.717, 1.165) is 11.1 Å². The van der Waals surface area contributed by atoms with Gasteiger partial charge >= 0.3 is 11.9 Å². The number of carbonyl (C=O) groups is 1. The molecule has 0 saturated carbocycles. The van der Waals surface area contributed by atoms with Gasteiger partial charge in [-0.05, 0) is 42.8 Å². The van der Waals surface area contributed by atoms with Gasteiger partial charge in [-0.1, -0.05) is 12.1 Å². The highest BCUT2D eigenvalue weighted by atomic mass is 16.6. The molecule has 1 heterocycles. The number of carboxylic acid groups (broad SMARTS) is 1. The molecule has 7 heteroatoms. The fourth-order valence-corrected chi connectivity index (χ4v) is 2.76. The molecular weight excluding hydrogens is 362 g/mol. The van der Waals surface area contributed by atoms with E-state index < -0.39 is 5.97 Å². The van der Waals surface area contributed by atoms with Crippen molar-refractivity contribution >= 4 is 5.97 Å². The number of ether oxygens (including phenoxy) is 3. The lowest BCUT2D eigenvalue weighted by Crippen LogP contribution is -1.99. The van der Waals surface area contributed by atoms with Crippen molar-refractivity contribution in [3.05, 3.63) is 48.0 Å². The van der Waals surface area contributed by atoms with Crippen LogP contribution >= 0.6 is 0 Å². The molecule has 0 aliphatic carbocycles. The second-order valence-corrected chi connectivity index (χ2v) is 5.93. The van der Waals surface area contributed by atoms with Gasteiger partial charge in [0, 0.05) is 11.1 Å². The summed E-state index contributed by atoms with van der Waals surface area (Å²) in [5.41, 5.74) is 2.74. The lowest BCUT2D eigenvalue weighted by atomic mass is 10.1. The summed E-state index contributed by atoms with van der Waals surface area (Å²) in [4.78, 5) is 15.4. The molecule has 1 N–H and O–H groups in total. The lowest BCUT2D eigenvalue weighted by Gasteiger charge is -2.08. The third-order valence-corrected chi connectivity index (χ3v) is 4.08. The second-order valence-electron chi connectivity index (χ2n) is 5.93. The molecular formula is C21H21NO6. The number of hydrogen-bond acceptors (Lipinski definition) is 6. The molecule has 0 aliphatic rings. The summed E-state index contributed by atoms with van der Waals surface area (Å²) < 4.78 is 22.1. The summed E-state index contributed by atoms with van der Waals surface area (Å²) in [7, 11) is 3.14. The van der Waals surface area contributed by atoms with Crippen LogP contribution in [0.15, 0.2) is 46.9 Å². The van der Waals surface area contributed by atoms with Gasteiger partial charge in [-0.25, -0.2) is 4.98 Å². The van der Waals surface area contributed by atoms with Crippen LogP contribution < -0.4 is 14.2 Å². The first-order chi connectivity index (χ1) is 13.5. The van der Waals surface area contributed by atoms with Crippen LogP contribution in [0.1, 0.15) is 12.5 Å². The molecule has 2 aromatic carbocycles. The number of carboxylic acids is 1. The highest BCUT2D eigenvalue weighted by Crippen LogP contribution is 2.38. The molecule has 0 bridgehead atoms. The van der Waals surface area contributed by atoms with E-state index in [1.165, 1.54) is 0 Å². The van der Waals surface area contributed by atoms with Gasteiger partial charge in [0.25, 0.3) is 0 Å². The number of methoxy groups -OCH3 is 2. The number of nitrogens with zero attached hydrogens (tertiary/aromatic N) is 1. The van der Waals surface area contributed by atoms with E-state index in [1.54, 1.807) is 50.6 Å². The van der Waals surface area contributed by atoms with E-state index in [2.05, 4.69) is 4.98 Å². The Bertz CT molecular complexity index is 962. The zero-order valence-electron chi connectivity index (χ0n) is 15.9. The number of benzene rings is 2. The zero-order valence-corrected chi connectivity index (χ0v) is 15.9. The lowest BCUT2D eigenvalue weighted by molar-refractivity contribution is -0.136. The Morgan fingerprint density at radius 2 is 1.71 bits per heavy atom. The maximum atomic E-state index is 10.8. The molecule has 7 nitrogen and oxygen atoms in total. The van der Waals surface area contributed by atoms with Gasteiger partial charge in [0.1, 0.15) is 0 Å². The van der Waals surface area contributed by atoms with Crippen LogP contribution in [0.3, 0.4) is 0 Å². The third-order valence-electron chi connectivity index (χ3n) is 4.08. The summed E-state index contributed by atoms with van der Waals surface area (Å²) in [6.07, 6.45) is -0.0348. The Kier molecular flexibility index (Phi) is 5.84. The second kappa shape index (κ2) is 8.47. The number of oxazole rings is 1. The zero-order chi connectivity index (χ0) is 20.1. The summed E-state index contributed by atoms with van der Waals surface area (Å²) in [5, 5.41) is 8.89. The number of hydrogen-bond donors (Lipinski definition) is 1. The maximum Gasteiger partial charge on any atom is 0.313 e. The summed E-state index contributed by atoms with van der Waals surface area (Å²) in [5.74, 6) is 1.000. The molecule has 0 radical (unpaired) electrons. The fourth-order valence-electron chi connectivity index (χ4n) is 2.76. The number of aliphatic carboxylic acids is 1. The summed E-state index contributed by atoms with van der Waals surface area (Å²) in [6.45, 7) is 2.29. The van der Waals surface area contributed by atoms with Gasteiger partial charge in [0.2, 0.25) is 5.89 Å². The molecule has 0 spiro atoms. The van der Waals surface area contributed by atoms with Crippen molar-refractivity contribution in [1.29, 1.82) is 0 Å². The van der Waals surface area contributed by atoms with Gasteiger partial charge in [-0.15, -0.1) is 0 Å². The number of aromatic nitrogens is 1. The van der Waals surface area contributed by atoms with Gasteiger partial charge in [-0.3, -0.25) is 4.79 Å². The molecule has 28 heavy (non-hydrogen) atoms. The first-order valence-corrected chi connectivity index (χ1v) is 8.72. The first-order valence-electron chi connectivity index (χ1n) is 8.72. The van der Waals surface area contributed by atoms with Crippen molar-refractivity contribution in [1.82, 2.24) is 4.98 Å². The van der Waals surface area contributed by atoms with Crippen molar-refractivity contribution in [3.63, 3.8) is 0 Å². The van der Waals surface area contributed by atoms with Crippen LogP contribution in [-0.4, -0.2) is 36.9 Å². The third kappa shape index (κ3) is 4.09. The van der Waals surface area contributed by atoms with Gasteiger partial charge in [-0.2, -0.15) is 0 Å². The quantitative estimate of drug-likeness (QED) is 0.627. The van der Waals surface area contributed by atoms with Crippen molar-refractivity contribution < 1.29 is 28.5 Å². The van der Waals surface area contributed by atoms with E-state index in [1.807, 2.05) is 13.0 Å². The van der Waals surface area contributed by atoms with Gasteiger partial charge < -0.3 is 23.7 Å². The van der Waals surface area contributed by atoms with Crippen LogP contribution in [-0.2, 0) is 11.2 Å². The monoisotopic (exact) mass is 383 g/mol. The van der Waals surface area contributed by atoms with Crippen molar-refractivity contribution in [2.24, 2.45) is 0 Å². The minimum Gasteiger partial charge on any atom is -0.493 e. The fraction of sp³-hybridized carbons (Fsp3) is 0.238. The average Bonchev–Trinajstić information content (AvgIpc) is 3.11. The molecule has 0 fully saturated rings. The highest BCUT2D eigenvalue weighted by Gasteiger charge is 2.19. The van der Waals surface area contributed by atoms with E-state index in [9.17, 15) is 4.79 Å². The van der Waals surface area contributed by atoms with Crippen LogP contribution in [0.5, 0.6) is 17.4 Å². The van der Waals surface area contributed by atoms with Crippen LogP contribution in [0.4, 0.5) is 0 Å². The molecule has 146 valence electrons. The minimum absolute atomic E-state index is 0.0348. The average molecular weight is 383 g/mol. The van der Waals surface area contributed by atoms with E-state index in [-0.39, 0.29) is 6.42 Å². The summed E-state index contributed by atoms with van der Waals surface area (Å²) in [6, 6.07) is 12.5. The van der Waals surface area contributed by atoms with Gasteiger partial charge in [0.15, 0.2) is 17.2 Å². The largest absolute Gasteiger partial charge is 0.493 e. The molecule has 0 aliphatic heterocycles. The first kappa shape index (κ1) is 19.3. The molecule has 0 amide bonds. The topological polar surface area (TPSA) is 91.0 Å². The van der Waals surface area contributed by atoms with Crippen LogP contribution in [0.2, 0.25) is 0 Å². The summed E-state index contributed by atoms with van der Waals surface area (Å²) >= 11 is 0. The highest BCUT2D eigenvalue weighted by molar-refractivity contribution is 5.72. The normalized spacial score (nSPS) is 10.5. The predicted octanol–water partition coefficient (Wildman–Crippen LogP) is 4.05. The van der Waals surface area contributed by atoms with E-state index in [4.69, 9.17) is 23.7 Å². The van der Waals surface area contributed by atoms with Gasteiger partial charge in [0.05, 0.1) is 27.2 Å². The maximum absolute atomic E-state index is 10.8. The Morgan fingerprint density at radius 3 is 2.32 bits per heavy atom. The Labute approximate surface area is 162 Å². The molecule has 0 unspecified atom stereocenters. The Hall–Kier alpha value is -3.48. The van der Waals surface area contributed by atoms with Crippen molar-refractivity contribution in [2.75, 3.05) is 20.8 Å². The Morgan fingerprint density at radius 1 is 1.04 bits per heavy atom. The Balaban J connectivity index is 1.99. The molecule has 1 aromatic heterocycles. The predicted molar refractivity (Wildman–Crippen MR) is 103 cm³/mol. The molecule has 3 rings (SSSR count). The number of rotatable bonds is 8. The SMILES string of the molecule is CCOc1oc(-c2ccc(CC(=O)O)cc2)nc1-c1ccc(OC)c(OC)c1. The van der Waals surface area contributed by atoms with Crippen molar-refractivity contribution in [3.8, 4) is 40.2 Å². The van der Waals surface area contributed by atoms with Crippen LogP contribution in [0.25, 0.3) is 22.7 Å².